The van der Waals surface area contributed by atoms with E-state index in [-0.39, 0.29) is 0 Å². The zero-order valence-electron chi connectivity index (χ0n) is 18.6. The maximum atomic E-state index is 12.6. The molecule has 2 aromatic heterocycles. The van der Waals surface area contributed by atoms with E-state index in [1.807, 2.05) is 49.4 Å². The number of hydrogen-bond donors (Lipinski definition) is 2. The number of nitrogens with one attached hydrogen (secondary N) is 2. The van der Waals surface area contributed by atoms with Gasteiger partial charge in [0, 0.05) is 13.6 Å². The quantitative estimate of drug-likeness (QED) is 0.304. The molecular formula is C24H26N6O3. The Balaban J connectivity index is 1.59. The molecule has 0 aliphatic carbocycles. The number of aromatic amines is 1. The summed E-state index contributed by atoms with van der Waals surface area (Å²) in [6, 6.07) is 17.7. The minimum absolute atomic E-state index is 0.308. The highest BCUT2D eigenvalue weighted by Crippen LogP contribution is 2.17. The second kappa shape index (κ2) is 9.99. The van der Waals surface area contributed by atoms with Crippen LogP contribution in [0.2, 0.25) is 0 Å². The Labute approximate surface area is 190 Å². The molecule has 170 valence electrons. The van der Waals surface area contributed by atoms with E-state index >= 15 is 0 Å². The van der Waals surface area contributed by atoms with Crippen LogP contribution in [-0.2, 0) is 20.0 Å². The molecule has 0 amide bonds. The van der Waals surface area contributed by atoms with Crippen molar-refractivity contribution in [3.05, 3.63) is 86.6 Å². The lowest BCUT2D eigenvalue weighted by Gasteiger charge is -2.08. The van der Waals surface area contributed by atoms with Crippen LogP contribution < -0.4 is 21.4 Å². The van der Waals surface area contributed by atoms with Crippen molar-refractivity contribution < 1.29 is 4.74 Å². The predicted molar refractivity (Wildman–Crippen MR) is 129 cm³/mol. The van der Waals surface area contributed by atoms with E-state index in [0.29, 0.717) is 30.3 Å². The van der Waals surface area contributed by atoms with E-state index in [2.05, 4.69) is 32.6 Å². The first-order chi connectivity index (χ1) is 16.1. The van der Waals surface area contributed by atoms with E-state index in [1.54, 1.807) is 17.8 Å². The van der Waals surface area contributed by atoms with Gasteiger partial charge in [-0.3, -0.25) is 14.3 Å². The lowest BCUT2D eigenvalue weighted by molar-refractivity contribution is 0.340. The van der Waals surface area contributed by atoms with Crippen molar-refractivity contribution in [3.8, 4) is 5.75 Å². The molecule has 9 heteroatoms. The van der Waals surface area contributed by atoms with Crippen molar-refractivity contribution in [1.82, 2.24) is 19.1 Å². The topological polar surface area (TPSA) is 106 Å². The maximum absolute atomic E-state index is 12.6. The number of benzene rings is 2. The van der Waals surface area contributed by atoms with Gasteiger partial charge in [0.05, 0.1) is 12.8 Å². The van der Waals surface area contributed by atoms with Gasteiger partial charge in [0.25, 0.3) is 5.56 Å². The number of aromatic nitrogens is 4. The van der Waals surface area contributed by atoms with Crippen LogP contribution in [0.3, 0.4) is 0 Å². The molecule has 4 rings (SSSR count). The molecule has 33 heavy (non-hydrogen) atoms. The molecule has 4 aromatic rings. The van der Waals surface area contributed by atoms with Crippen LogP contribution in [-0.4, -0.2) is 31.9 Å². The number of anilines is 1. The summed E-state index contributed by atoms with van der Waals surface area (Å²) >= 11 is 0. The van der Waals surface area contributed by atoms with Gasteiger partial charge in [-0.05, 0) is 55.2 Å². The normalized spacial score (nSPS) is 11.3. The fourth-order valence-corrected chi connectivity index (χ4v) is 3.60. The van der Waals surface area contributed by atoms with E-state index in [1.165, 1.54) is 10.1 Å². The zero-order valence-corrected chi connectivity index (χ0v) is 18.6. The molecular weight excluding hydrogens is 420 g/mol. The van der Waals surface area contributed by atoms with Gasteiger partial charge in [-0.25, -0.2) is 10.2 Å². The lowest BCUT2D eigenvalue weighted by atomic mass is 10.1. The van der Waals surface area contributed by atoms with Gasteiger partial charge in [-0.1, -0.05) is 30.3 Å². The van der Waals surface area contributed by atoms with Crippen LogP contribution in [0.4, 0.5) is 5.95 Å². The summed E-state index contributed by atoms with van der Waals surface area (Å²) in [5.74, 6) is 1.19. The van der Waals surface area contributed by atoms with E-state index in [0.717, 1.165) is 24.2 Å². The van der Waals surface area contributed by atoms with Gasteiger partial charge >= 0.3 is 5.69 Å². The van der Waals surface area contributed by atoms with Crippen LogP contribution in [0.15, 0.2) is 69.3 Å². The van der Waals surface area contributed by atoms with Crippen LogP contribution in [0.1, 0.15) is 24.5 Å². The summed E-state index contributed by atoms with van der Waals surface area (Å²) < 4.78 is 8.55. The fourth-order valence-electron chi connectivity index (χ4n) is 3.60. The number of aryl methyl sites for hydroxylation is 3. The van der Waals surface area contributed by atoms with E-state index < -0.39 is 11.2 Å². The smallest absolute Gasteiger partial charge is 0.329 e. The van der Waals surface area contributed by atoms with Crippen molar-refractivity contribution in [2.75, 3.05) is 12.0 Å². The number of hydrazone groups is 1. The van der Waals surface area contributed by atoms with Gasteiger partial charge in [0.15, 0.2) is 11.2 Å². The van der Waals surface area contributed by atoms with Crippen molar-refractivity contribution in [2.45, 2.75) is 26.3 Å². The molecule has 0 saturated heterocycles. The largest absolute Gasteiger partial charge is 0.494 e. The number of imidazole rings is 1. The second-order valence-electron chi connectivity index (χ2n) is 7.54. The van der Waals surface area contributed by atoms with Gasteiger partial charge in [0.1, 0.15) is 5.75 Å². The van der Waals surface area contributed by atoms with Crippen molar-refractivity contribution in [1.29, 1.82) is 0 Å². The van der Waals surface area contributed by atoms with Gasteiger partial charge < -0.3 is 9.30 Å². The highest BCUT2D eigenvalue weighted by Gasteiger charge is 2.17. The number of fused-ring (bicyclic) bond motifs is 1. The van der Waals surface area contributed by atoms with Crippen molar-refractivity contribution in [3.63, 3.8) is 0 Å². The maximum Gasteiger partial charge on any atom is 0.329 e. The molecule has 0 unspecified atom stereocenters. The highest BCUT2D eigenvalue weighted by atomic mass is 16.5. The third-order valence-electron chi connectivity index (χ3n) is 5.27. The SMILES string of the molecule is CCOc1ccc(C=NNc2nc3c(c(=O)[nH]c(=O)n3C)n2CCCc2ccccc2)cc1. The molecule has 0 bridgehead atoms. The molecule has 2 heterocycles. The van der Waals surface area contributed by atoms with E-state index in [4.69, 9.17) is 4.74 Å². The van der Waals surface area contributed by atoms with Crippen molar-refractivity contribution >= 4 is 23.3 Å². The third kappa shape index (κ3) is 5.03. The van der Waals surface area contributed by atoms with E-state index in [9.17, 15) is 9.59 Å². The Hall–Kier alpha value is -4.14. The third-order valence-corrected chi connectivity index (χ3v) is 5.27. The molecule has 2 N–H and O–H groups in total. The molecule has 0 radical (unpaired) electrons. The molecule has 0 aliphatic heterocycles. The van der Waals surface area contributed by atoms with Crippen LogP contribution in [0.5, 0.6) is 5.75 Å². The van der Waals surface area contributed by atoms with Crippen LogP contribution >= 0.6 is 0 Å². The summed E-state index contributed by atoms with van der Waals surface area (Å²) in [7, 11) is 1.58. The predicted octanol–water partition coefficient (Wildman–Crippen LogP) is 2.90. The van der Waals surface area contributed by atoms with Crippen LogP contribution in [0, 0.1) is 0 Å². The first-order valence-electron chi connectivity index (χ1n) is 10.8. The Morgan fingerprint density at radius 2 is 1.88 bits per heavy atom. The first-order valence-corrected chi connectivity index (χ1v) is 10.8. The molecule has 0 saturated carbocycles. The molecule has 0 atom stereocenters. The Morgan fingerprint density at radius 3 is 2.61 bits per heavy atom. The monoisotopic (exact) mass is 446 g/mol. The lowest BCUT2D eigenvalue weighted by Crippen LogP contribution is -2.29. The Morgan fingerprint density at radius 1 is 1.12 bits per heavy atom. The minimum Gasteiger partial charge on any atom is -0.494 e. The van der Waals surface area contributed by atoms with Crippen molar-refractivity contribution in [2.24, 2.45) is 12.1 Å². The summed E-state index contributed by atoms with van der Waals surface area (Å²) in [5, 5.41) is 4.29. The van der Waals surface area contributed by atoms with Gasteiger partial charge in [-0.2, -0.15) is 10.1 Å². The highest BCUT2D eigenvalue weighted by molar-refractivity contribution is 5.80. The summed E-state index contributed by atoms with van der Waals surface area (Å²) in [4.78, 5) is 31.5. The molecule has 2 aromatic carbocycles. The zero-order chi connectivity index (χ0) is 23.2. The standard InChI is InChI=1S/C24H26N6O3/c1-3-33-19-13-11-18(12-14-19)16-25-28-23-26-21-20(22(31)27-24(32)29(21)2)30(23)15-7-10-17-8-5-4-6-9-17/h4-6,8-9,11-14,16H,3,7,10,15H2,1-2H3,(H,26,28)(H,27,31,32). The second-order valence-corrected chi connectivity index (χ2v) is 7.54. The fraction of sp³-hybridized carbons (Fsp3) is 0.250. The summed E-state index contributed by atoms with van der Waals surface area (Å²) in [5.41, 5.74) is 4.69. The summed E-state index contributed by atoms with van der Waals surface area (Å²) in [6.07, 6.45) is 3.29. The first kappa shape index (κ1) is 22.1. The number of nitrogens with zero attached hydrogens (tertiary/aromatic N) is 4. The molecule has 0 aliphatic rings. The molecule has 0 fully saturated rings. The van der Waals surface area contributed by atoms with Crippen LogP contribution in [0.25, 0.3) is 11.2 Å². The number of hydrogen-bond acceptors (Lipinski definition) is 6. The average Bonchev–Trinajstić information content (AvgIpc) is 3.19. The number of rotatable bonds is 9. The van der Waals surface area contributed by atoms with Gasteiger partial charge in [-0.15, -0.1) is 0 Å². The average molecular weight is 447 g/mol. The molecule has 0 spiro atoms. The number of ether oxygens (including phenoxy) is 1. The summed E-state index contributed by atoms with van der Waals surface area (Å²) in [6.45, 7) is 3.08. The Bertz CT molecular complexity index is 1370. The Kier molecular flexibility index (Phi) is 6.68. The minimum atomic E-state index is -0.508. The molecule has 9 nitrogen and oxygen atoms in total. The van der Waals surface area contributed by atoms with Gasteiger partial charge in [0.2, 0.25) is 5.95 Å². The number of H-pyrrole nitrogens is 1.